The van der Waals surface area contributed by atoms with E-state index in [9.17, 15) is 4.79 Å². The second-order valence-corrected chi connectivity index (χ2v) is 7.64. The van der Waals surface area contributed by atoms with Crippen LogP contribution in [0.4, 0.5) is 8.78 Å². The fourth-order valence-corrected chi connectivity index (χ4v) is 4.40. The maximum atomic E-state index is 15.4. The number of carboxylic acids is 1. The Morgan fingerprint density at radius 2 is 2.00 bits per heavy atom. The van der Waals surface area contributed by atoms with Gasteiger partial charge in [-0.1, -0.05) is 31.7 Å². The van der Waals surface area contributed by atoms with E-state index in [4.69, 9.17) is 13.0 Å². The molecule has 1 atom stereocenters. The summed E-state index contributed by atoms with van der Waals surface area (Å²) < 4.78 is 30.8. The summed E-state index contributed by atoms with van der Waals surface area (Å²) in [6.07, 6.45) is 3.18. The van der Waals surface area contributed by atoms with Crippen molar-refractivity contribution in [3.05, 3.63) is 88.8 Å². The lowest BCUT2D eigenvalue weighted by molar-refractivity contribution is -0.131. The van der Waals surface area contributed by atoms with Gasteiger partial charge in [0.2, 0.25) is 0 Å². The van der Waals surface area contributed by atoms with Crippen LogP contribution in [0.5, 0.6) is 0 Å². The van der Waals surface area contributed by atoms with Gasteiger partial charge in [-0.25, -0.2) is 13.6 Å². The van der Waals surface area contributed by atoms with E-state index in [1.165, 1.54) is 0 Å². The molecule has 2 heterocycles. The number of fused-ring (bicyclic) bond motifs is 3. The highest BCUT2D eigenvalue weighted by Crippen LogP contribution is 2.45. The molecule has 1 aliphatic rings. The Labute approximate surface area is 180 Å². The second-order valence-electron chi connectivity index (χ2n) is 7.64. The standard InChI is InChI=1S/C24H21BF2N2O2/c1-3-14(2)29-11-10-17-16-6-4-5-7-20(16)28-23(17)24(29,25)22-18(26)12-15(13-19(22)27)8-9-21(30)31/h4-9,12-13,28H,2-3,10-11H2,1H3,(H,30,31)/b9-8+/t24-/m1/s1. The van der Waals surface area contributed by atoms with Crippen LogP contribution >= 0.6 is 0 Å². The van der Waals surface area contributed by atoms with Gasteiger partial charge in [0.1, 0.15) is 19.5 Å². The Morgan fingerprint density at radius 1 is 1.32 bits per heavy atom. The number of aliphatic carboxylic acids is 1. The Bertz CT molecular complexity index is 1210. The molecule has 0 spiro atoms. The quantitative estimate of drug-likeness (QED) is 0.467. The summed E-state index contributed by atoms with van der Waals surface area (Å²) in [5, 5.41) is 9.77. The number of H-pyrrole nitrogens is 1. The Kier molecular flexibility index (Phi) is 5.21. The maximum absolute atomic E-state index is 15.4. The van der Waals surface area contributed by atoms with Crippen molar-refractivity contribution in [3.63, 3.8) is 0 Å². The van der Waals surface area contributed by atoms with E-state index >= 15 is 8.78 Å². The number of aromatic nitrogens is 1. The first-order valence-corrected chi connectivity index (χ1v) is 10.0. The molecule has 0 fully saturated rings. The molecule has 0 bridgehead atoms. The zero-order chi connectivity index (χ0) is 22.3. The monoisotopic (exact) mass is 418 g/mol. The van der Waals surface area contributed by atoms with Gasteiger partial charge in [-0.2, -0.15) is 0 Å². The highest BCUT2D eigenvalue weighted by atomic mass is 19.1. The molecule has 7 heteroatoms. The minimum atomic E-state index is -1.64. The minimum Gasteiger partial charge on any atom is -0.478 e. The smallest absolute Gasteiger partial charge is 0.328 e. The first-order valence-electron chi connectivity index (χ1n) is 10.0. The van der Waals surface area contributed by atoms with Crippen molar-refractivity contribution in [2.45, 2.75) is 25.2 Å². The number of hydrogen-bond acceptors (Lipinski definition) is 2. The van der Waals surface area contributed by atoms with Gasteiger partial charge in [0.05, 0.1) is 5.44 Å². The first-order chi connectivity index (χ1) is 14.8. The number of carboxylic acid groups (broad SMARTS) is 1. The van der Waals surface area contributed by atoms with Gasteiger partial charge in [0.25, 0.3) is 0 Å². The highest BCUT2D eigenvalue weighted by molar-refractivity contribution is 6.18. The number of halogens is 2. The summed E-state index contributed by atoms with van der Waals surface area (Å²) in [6, 6.07) is 9.85. The summed E-state index contributed by atoms with van der Waals surface area (Å²) in [6.45, 7) is 6.45. The molecular weight excluding hydrogens is 397 g/mol. The molecule has 31 heavy (non-hydrogen) atoms. The van der Waals surface area contributed by atoms with Gasteiger partial charge in [-0.3, -0.25) is 0 Å². The fraction of sp³-hybridized carbons (Fsp3) is 0.208. The van der Waals surface area contributed by atoms with Gasteiger partial charge >= 0.3 is 5.97 Å². The minimum absolute atomic E-state index is 0.0956. The predicted molar refractivity (Wildman–Crippen MR) is 118 cm³/mol. The molecule has 156 valence electrons. The number of allylic oxidation sites excluding steroid dienone is 1. The summed E-state index contributed by atoms with van der Waals surface area (Å²) in [5.41, 5.74) is 1.12. The maximum Gasteiger partial charge on any atom is 0.328 e. The molecule has 2 aromatic carbocycles. The second kappa shape index (κ2) is 7.73. The van der Waals surface area contributed by atoms with Crippen molar-refractivity contribution >= 4 is 30.8 Å². The molecular formula is C24H21BF2N2O2. The molecule has 4 rings (SSSR count). The molecule has 1 aliphatic heterocycles. The lowest BCUT2D eigenvalue weighted by Gasteiger charge is -2.48. The van der Waals surface area contributed by atoms with Crippen LogP contribution in [0.3, 0.4) is 0 Å². The van der Waals surface area contributed by atoms with Crippen molar-refractivity contribution < 1.29 is 18.7 Å². The normalized spacial score (nSPS) is 18.5. The Morgan fingerprint density at radius 3 is 2.65 bits per heavy atom. The van der Waals surface area contributed by atoms with Crippen LogP contribution in [0.1, 0.15) is 35.7 Å². The number of para-hydroxylation sites is 1. The largest absolute Gasteiger partial charge is 0.478 e. The van der Waals surface area contributed by atoms with Crippen molar-refractivity contribution in [1.29, 1.82) is 0 Å². The third-order valence-electron chi connectivity index (χ3n) is 5.86. The number of carbonyl (C=O) groups is 1. The van der Waals surface area contributed by atoms with Crippen LogP contribution in [0.15, 0.2) is 54.8 Å². The van der Waals surface area contributed by atoms with Crippen LogP contribution < -0.4 is 0 Å². The number of aromatic amines is 1. The number of benzene rings is 2. The van der Waals surface area contributed by atoms with Crippen LogP contribution in [-0.2, 0) is 16.7 Å². The van der Waals surface area contributed by atoms with Crippen molar-refractivity contribution in [1.82, 2.24) is 9.88 Å². The van der Waals surface area contributed by atoms with Gasteiger partial charge in [-0.15, -0.1) is 0 Å². The topological polar surface area (TPSA) is 56.3 Å². The number of rotatable bonds is 5. The van der Waals surface area contributed by atoms with E-state index in [1.54, 1.807) is 4.90 Å². The molecule has 3 aromatic rings. The molecule has 0 unspecified atom stereocenters. The van der Waals surface area contributed by atoms with E-state index in [1.807, 2.05) is 31.2 Å². The predicted octanol–water partition coefficient (Wildman–Crippen LogP) is 4.70. The molecule has 0 amide bonds. The third-order valence-corrected chi connectivity index (χ3v) is 5.86. The van der Waals surface area contributed by atoms with E-state index in [2.05, 4.69) is 11.6 Å². The number of nitrogens with zero attached hydrogens (tertiary/aromatic N) is 1. The molecule has 0 aliphatic carbocycles. The molecule has 1 aromatic heterocycles. The lowest BCUT2D eigenvalue weighted by atomic mass is 9.64. The number of nitrogens with one attached hydrogen (secondary N) is 1. The number of hydrogen-bond donors (Lipinski definition) is 2. The summed E-state index contributed by atoms with van der Waals surface area (Å²) in [4.78, 5) is 15.8. The molecule has 2 radical (unpaired) electrons. The van der Waals surface area contributed by atoms with Gasteiger partial charge in [0.15, 0.2) is 0 Å². The van der Waals surface area contributed by atoms with E-state index in [-0.39, 0.29) is 11.1 Å². The first kappa shape index (κ1) is 20.9. The SMILES string of the molecule is [B][C@@]1(c2c(F)cc(/C=C/C(=O)O)cc2F)c2[nH]c3ccccc3c2CCN1C(=C)CC. The van der Waals surface area contributed by atoms with Gasteiger partial charge in [-0.05, 0) is 48.2 Å². The van der Waals surface area contributed by atoms with Crippen molar-refractivity contribution in [2.24, 2.45) is 0 Å². The Hall–Kier alpha value is -3.35. The van der Waals surface area contributed by atoms with E-state index in [0.717, 1.165) is 40.8 Å². The van der Waals surface area contributed by atoms with Crippen LogP contribution in [0.2, 0.25) is 0 Å². The van der Waals surface area contributed by atoms with Crippen molar-refractivity contribution in [3.8, 4) is 0 Å². The average Bonchev–Trinajstić information content (AvgIpc) is 3.11. The third kappa shape index (κ3) is 3.34. The van der Waals surface area contributed by atoms with E-state index in [0.29, 0.717) is 30.8 Å². The molecule has 2 N–H and O–H groups in total. The average molecular weight is 418 g/mol. The summed E-state index contributed by atoms with van der Waals surface area (Å²) in [5.74, 6) is -2.92. The highest BCUT2D eigenvalue weighted by Gasteiger charge is 2.45. The summed E-state index contributed by atoms with van der Waals surface area (Å²) >= 11 is 0. The molecule has 0 saturated carbocycles. The molecule has 0 saturated heterocycles. The van der Waals surface area contributed by atoms with E-state index < -0.39 is 23.0 Å². The van der Waals surface area contributed by atoms with Crippen LogP contribution in [0, 0.1) is 11.6 Å². The zero-order valence-corrected chi connectivity index (χ0v) is 17.1. The zero-order valence-electron chi connectivity index (χ0n) is 17.1. The summed E-state index contributed by atoms with van der Waals surface area (Å²) in [7, 11) is 6.89. The van der Waals surface area contributed by atoms with Gasteiger partial charge in [0, 0.05) is 40.5 Å². The molecule has 4 nitrogen and oxygen atoms in total. The fourth-order valence-electron chi connectivity index (χ4n) is 4.40. The van der Waals surface area contributed by atoms with Crippen molar-refractivity contribution in [2.75, 3.05) is 6.54 Å². The van der Waals surface area contributed by atoms with Crippen LogP contribution in [0.25, 0.3) is 17.0 Å². The van der Waals surface area contributed by atoms with Crippen LogP contribution in [-0.4, -0.2) is 35.4 Å². The van der Waals surface area contributed by atoms with Gasteiger partial charge < -0.3 is 15.0 Å². The Balaban J connectivity index is 1.98. The lowest BCUT2D eigenvalue weighted by Crippen LogP contribution is -2.52.